The van der Waals surface area contributed by atoms with Gasteiger partial charge in [-0.25, -0.2) is 0 Å². The number of amides is 1. The van der Waals surface area contributed by atoms with E-state index in [1.165, 1.54) is 0 Å². The summed E-state index contributed by atoms with van der Waals surface area (Å²) in [6.07, 6.45) is 0.325. The smallest absolute Gasteiger partial charge is 0.234 e. The van der Waals surface area contributed by atoms with Crippen molar-refractivity contribution in [3.05, 3.63) is 34.9 Å². The van der Waals surface area contributed by atoms with Crippen LogP contribution in [0.5, 0.6) is 0 Å². The summed E-state index contributed by atoms with van der Waals surface area (Å²) in [4.78, 5) is 11.4. The maximum absolute atomic E-state index is 11.4. The van der Waals surface area contributed by atoms with E-state index in [1.54, 1.807) is 0 Å². The lowest BCUT2D eigenvalue weighted by Gasteiger charge is -2.15. The fourth-order valence-corrected chi connectivity index (χ4v) is 1.80. The molecule has 0 fully saturated rings. The number of hydrogen-bond donors (Lipinski definition) is 2. The van der Waals surface area contributed by atoms with Gasteiger partial charge in [-0.1, -0.05) is 29.8 Å². The lowest BCUT2D eigenvalue weighted by atomic mass is 10.1. The molecule has 0 heterocycles. The van der Waals surface area contributed by atoms with Gasteiger partial charge in [-0.2, -0.15) is 5.26 Å². The molecule has 1 aromatic rings. The van der Waals surface area contributed by atoms with Gasteiger partial charge in [-0.05, 0) is 18.6 Å². The maximum atomic E-state index is 11.4. The van der Waals surface area contributed by atoms with Crippen molar-refractivity contribution < 1.29 is 4.79 Å². The molecular formula is C13H16ClN3O. The summed E-state index contributed by atoms with van der Waals surface area (Å²) in [5, 5.41) is 14.8. The molecule has 0 saturated carbocycles. The van der Waals surface area contributed by atoms with Crippen LogP contribution in [0.3, 0.4) is 0 Å². The normalized spacial score (nSPS) is 11.6. The van der Waals surface area contributed by atoms with Crippen LogP contribution in [0.1, 0.15) is 24.9 Å². The minimum Gasteiger partial charge on any atom is -0.354 e. The first-order chi connectivity index (χ1) is 8.65. The lowest BCUT2D eigenvalue weighted by molar-refractivity contribution is -0.120. The van der Waals surface area contributed by atoms with Crippen LogP contribution < -0.4 is 10.6 Å². The van der Waals surface area contributed by atoms with Crippen molar-refractivity contribution in [2.75, 3.05) is 13.1 Å². The van der Waals surface area contributed by atoms with Crippen molar-refractivity contribution in [1.82, 2.24) is 10.6 Å². The van der Waals surface area contributed by atoms with Crippen LogP contribution in [0.15, 0.2) is 24.3 Å². The Bertz CT molecular complexity index is 442. The Morgan fingerprint density at radius 1 is 1.50 bits per heavy atom. The molecule has 1 aromatic carbocycles. The number of carbonyl (C=O) groups excluding carboxylic acids is 1. The first-order valence-electron chi connectivity index (χ1n) is 5.76. The molecule has 18 heavy (non-hydrogen) atoms. The van der Waals surface area contributed by atoms with E-state index < -0.39 is 0 Å². The Labute approximate surface area is 112 Å². The Morgan fingerprint density at radius 2 is 2.22 bits per heavy atom. The average molecular weight is 266 g/mol. The second kappa shape index (κ2) is 7.70. The van der Waals surface area contributed by atoms with Crippen LogP contribution in [0.2, 0.25) is 5.02 Å². The van der Waals surface area contributed by atoms with Crippen LogP contribution in [-0.2, 0) is 4.79 Å². The third-order valence-corrected chi connectivity index (χ3v) is 2.84. The molecule has 2 N–H and O–H groups in total. The molecule has 0 aliphatic rings. The molecule has 1 atom stereocenters. The summed E-state index contributed by atoms with van der Waals surface area (Å²) in [5.74, 6) is -0.121. The van der Waals surface area contributed by atoms with E-state index in [0.29, 0.717) is 18.0 Å². The number of carbonyl (C=O) groups is 1. The van der Waals surface area contributed by atoms with Gasteiger partial charge >= 0.3 is 0 Å². The van der Waals surface area contributed by atoms with Crippen molar-refractivity contribution in [3.63, 3.8) is 0 Å². The lowest BCUT2D eigenvalue weighted by Crippen LogP contribution is -2.35. The van der Waals surface area contributed by atoms with E-state index in [-0.39, 0.29) is 18.5 Å². The van der Waals surface area contributed by atoms with E-state index in [1.807, 2.05) is 37.3 Å². The first-order valence-corrected chi connectivity index (χ1v) is 6.14. The Kier molecular flexibility index (Phi) is 6.20. The molecule has 0 aliphatic carbocycles. The quantitative estimate of drug-likeness (QED) is 0.774. The topological polar surface area (TPSA) is 64.9 Å². The van der Waals surface area contributed by atoms with Crippen LogP contribution in [0.25, 0.3) is 0 Å². The van der Waals surface area contributed by atoms with E-state index in [2.05, 4.69) is 10.6 Å². The van der Waals surface area contributed by atoms with Gasteiger partial charge in [-0.3, -0.25) is 4.79 Å². The van der Waals surface area contributed by atoms with Crippen molar-refractivity contribution in [2.24, 2.45) is 0 Å². The van der Waals surface area contributed by atoms with E-state index >= 15 is 0 Å². The molecule has 1 unspecified atom stereocenters. The van der Waals surface area contributed by atoms with Crippen molar-refractivity contribution in [2.45, 2.75) is 19.4 Å². The van der Waals surface area contributed by atoms with Crippen molar-refractivity contribution in [3.8, 4) is 6.07 Å². The molecule has 0 radical (unpaired) electrons. The van der Waals surface area contributed by atoms with E-state index in [4.69, 9.17) is 16.9 Å². The molecule has 0 bridgehead atoms. The molecule has 0 aliphatic heterocycles. The summed E-state index contributed by atoms with van der Waals surface area (Å²) in [6.45, 7) is 2.54. The molecule has 4 nitrogen and oxygen atoms in total. The molecular weight excluding hydrogens is 250 g/mol. The third-order valence-electron chi connectivity index (χ3n) is 2.50. The van der Waals surface area contributed by atoms with Crippen LogP contribution >= 0.6 is 11.6 Å². The van der Waals surface area contributed by atoms with Gasteiger partial charge in [0.1, 0.15) is 0 Å². The van der Waals surface area contributed by atoms with E-state index in [9.17, 15) is 4.79 Å². The molecule has 0 aromatic heterocycles. The van der Waals surface area contributed by atoms with Gasteiger partial charge in [-0.15, -0.1) is 0 Å². The predicted octanol–water partition coefficient (Wildman–Crippen LogP) is 2.02. The second-order valence-corrected chi connectivity index (χ2v) is 4.29. The fraction of sp³-hybridized carbons (Fsp3) is 0.385. The Morgan fingerprint density at radius 3 is 2.89 bits per heavy atom. The van der Waals surface area contributed by atoms with Gasteiger partial charge in [0.25, 0.3) is 0 Å². The molecule has 0 spiro atoms. The molecule has 96 valence electrons. The maximum Gasteiger partial charge on any atom is 0.234 e. The molecule has 5 heteroatoms. The van der Waals surface area contributed by atoms with Gasteiger partial charge in [0.2, 0.25) is 5.91 Å². The van der Waals surface area contributed by atoms with Gasteiger partial charge < -0.3 is 10.6 Å². The number of nitrogens with zero attached hydrogens (tertiary/aromatic N) is 1. The highest BCUT2D eigenvalue weighted by atomic mass is 35.5. The first kappa shape index (κ1) is 14.5. The summed E-state index contributed by atoms with van der Waals surface area (Å²) >= 11 is 6.06. The largest absolute Gasteiger partial charge is 0.354 e. The number of benzene rings is 1. The standard InChI is InChI=1S/C13H16ClN3O/c1-10(11-5-2-3-6-12(11)14)17-9-13(18)16-8-4-7-15/h2-3,5-6,10,17H,4,8-9H2,1H3,(H,16,18). The van der Waals surface area contributed by atoms with Crippen molar-refractivity contribution in [1.29, 1.82) is 5.26 Å². The minimum atomic E-state index is -0.121. The van der Waals surface area contributed by atoms with Gasteiger partial charge in [0, 0.05) is 17.6 Å². The molecule has 1 amide bonds. The molecule has 0 saturated heterocycles. The van der Waals surface area contributed by atoms with E-state index in [0.717, 1.165) is 5.56 Å². The summed E-state index contributed by atoms with van der Waals surface area (Å²) < 4.78 is 0. The summed E-state index contributed by atoms with van der Waals surface area (Å²) in [7, 11) is 0. The number of hydrogen-bond acceptors (Lipinski definition) is 3. The zero-order chi connectivity index (χ0) is 13.4. The third kappa shape index (κ3) is 4.74. The zero-order valence-corrected chi connectivity index (χ0v) is 11.0. The number of nitriles is 1. The minimum absolute atomic E-state index is 0.000386. The summed E-state index contributed by atoms with van der Waals surface area (Å²) in [6, 6.07) is 9.49. The highest BCUT2D eigenvalue weighted by molar-refractivity contribution is 6.31. The zero-order valence-electron chi connectivity index (χ0n) is 10.2. The number of nitrogens with one attached hydrogen (secondary N) is 2. The monoisotopic (exact) mass is 265 g/mol. The summed E-state index contributed by atoms with van der Waals surface area (Å²) in [5.41, 5.74) is 0.962. The highest BCUT2D eigenvalue weighted by Crippen LogP contribution is 2.21. The average Bonchev–Trinajstić information content (AvgIpc) is 2.37. The second-order valence-electron chi connectivity index (χ2n) is 3.88. The SMILES string of the molecule is CC(NCC(=O)NCCC#N)c1ccccc1Cl. The number of halogens is 1. The number of rotatable bonds is 6. The Hall–Kier alpha value is -1.57. The Balaban J connectivity index is 2.38. The van der Waals surface area contributed by atoms with Gasteiger partial charge in [0.15, 0.2) is 0 Å². The van der Waals surface area contributed by atoms with Crippen LogP contribution in [-0.4, -0.2) is 19.0 Å². The van der Waals surface area contributed by atoms with Gasteiger partial charge in [0.05, 0.1) is 19.0 Å². The van der Waals surface area contributed by atoms with Crippen LogP contribution in [0, 0.1) is 11.3 Å². The van der Waals surface area contributed by atoms with Crippen LogP contribution in [0.4, 0.5) is 0 Å². The highest BCUT2D eigenvalue weighted by Gasteiger charge is 2.09. The van der Waals surface area contributed by atoms with Crippen molar-refractivity contribution >= 4 is 17.5 Å². The molecule has 1 rings (SSSR count). The predicted molar refractivity (Wildman–Crippen MR) is 71.1 cm³/mol. The fourth-order valence-electron chi connectivity index (χ4n) is 1.50.